The van der Waals surface area contributed by atoms with E-state index in [1.165, 1.54) is 22.8 Å². The summed E-state index contributed by atoms with van der Waals surface area (Å²) in [6.07, 6.45) is 1.31. The van der Waals surface area contributed by atoms with Crippen molar-refractivity contribution in [1.29, 1.82) is 0 Å². The predicted octanol–water partition coefficient (Wildman–Crippen LogP) is 11.2. The van der Waals surface area contributed by atoms with Crippen LogP contribution in [0.25, 0.3) is 0 Å². The molecule has 0 atom stereocenters. The fraction of sp³-hybridized carbons (Fsp3) is 0.455. The van der Waals surface area contributed by atoms with Crippen molar-refractivity contribution < 1.29 is 23.9 Å². The number of isocyanates is 1. The Kier molecular flexibility index (Phi) is 26.4. The molecule has 4 N–H and O–H groups in total. The minimum atomic E-state index is -0.387. The number of anilines is 3. The normalized spacial score (nSPS) is 14.2. The Balaban J connectivity index is 0.000000216. The number of carbonyl (C=O) groups excluding carboxylic acids is 4. The molecule has 410 valence electrons. The van der Waals surface area contributed by atoms with Crippen molar-refractivity contribution in [2.75, 3.05) is 94.1 Å². The largest absolute Gasteiger partial charge is 0.444 e. The number of benzene rings is 3. The predicted molar refractivity (Wildman–Crippen MR) is 305 cm³/mol. The molecule has 0 bridgehead atoms. The van der Waals surface area contributed by atoms with Crippen molar-refractivity contribution in [1.82, 2.24) is 45.7 Å². The third kappa shape index (κ3) is 23.2. The maximum absolute atomic E-state index is 12.4. The number of piperazine rings is 3. The van der Waals surface area contributed by atoms with E-state index in [9.17, 15) is 19.2 Å². The van der Waals surface area contributed by atoms with Gasteiger partial charge in [-0.05, 0) is 116 Å². The number of hydrogen-bond donors (Lipinski definition) is 4. The van der Waals surface area contributed by atoms with Crippen LogP contribution >= 0.6 is 34.8 Å². The number of nitrogens with zero attached hydrogens (tertiary/aromatic N) is 9. The first-order valence-electron chi connectivity index (χ1n) is 25.5. The van der Waals surface area contributed by atoms with Gasteiger partial charge in [0.15, 0.2) is 21.3 Å². The van der Waals surface area contributed by atoms with Crippen molar-refractivity contribution >= 4 is 81.9 Å². The van der Waals surface area contributed by atoms with Gasteiger partial charge in [-0.1, -0.05) is 113 Å². The summed E-state index contributed by atoms with van der Waals surface area (Å²) in [5, 5.41) is 28.3. The van der Waals surface area contributed by atoms with Crippen LogP contribution in [0.1, 0.15) is 96.8 Å². The maximum atomic E-state index is 12.4. The summed E-state index contributed by atoms with van der Waals surface area (Å²) in [5.41, 5.74) is 5.76. The number of carbonyl (C=O) groups is 3. The molecule has 5 heterocycles. The van der Waals surface area contributed by atoms with E-state index in [1.807, 2.05) is 85.2 Å². The number of nitrogens with one attached hydrogen (secondary N) is 4. The molecule has 0 spiro atoms. The molecule has 3 aromatic carbocycles. The van der Waals surface area contributed by atoms with E-state index in [2.05, 4.69) is 117 Å². The highest BCUT2D eigenvalue weighted by molar-refractivity contribution is 6.31. The lowest BCUT2D eigenvalue weighted by atomic mass is 10.0. The Hall–Kier alpha value is -6.40. The van der Waals surface area contributed by atoms with Gasteiger partial charge in [0.25, 0.3) is 0 Å². The molecule has 0 aliphatic carbocycles. The third-order valence-corrected chi connectivity index (χ3v) is 12.3. The summed E-state index contributed by atoms with van der Waals surface area (Å²) < 4.78 is 5.24. The van der Waals surface area contributed by atoms with Crippen LogP contribution in [0.2, 0.25) is 15.5 Å². The minimum Gasteiger partial charge on any atom is -0.444 e. The van der Waals surface area contributed by atoms with Gasteiger partial charge in [-0.3, -0.25) is 0 Å². The molecule has 18 nitrogen and oxygen atoms in total. The molecule has 0 unspecified atom stereocenters. The second-order valence-corrected chi connectivity index (χ2v) is 20.8. The zero-order valence-electron chi connectivity index (χ0n) is 45.2. The van der Waals surface area contributed by atoms with Gasteiger partial charge in [-0.2, -0.15) is 4.99 Å². The van der Waals surface area contributed by atoms with Crippen molar-refractivity contribution in [2.24, 2.45) is 4.99 Å². The zero-order chi connectivity index (χ0) is 55.6. The molecule has 5 aromatic rings. The molecule has 2 aromatic heterocycles. The molecule has 3 fully saturated rings. The molecule has 3 aliphatic heterocycles. The Morgan fingerprint density at radius 3 is 1.26 bits per heavy atom. The quantitative estimate of drug-likeness (QED) is 0.0888. The maximum Gasteiger partial charge on any atom is 0.410 e. The second kappa shape index (κ2) is 32.2. The lowest BCUT2D eigenvalue weighted by Gasteiger charge is -2.35. The fourth-order valence-corrected chi connectivity index (χ4v) is 7.55. The van der Waals surface area contributed by atoms with Gasteiger partial charge in [0.2, 0.25) is 6.08 Å². The van der Waals surface area contributed by atoms with Crippen LogP contribution in [0.15, 0.2) is 102 Å². The van der Waals surface area contributed by atoms with Crippen LogP contribution in [-0.2, 0) is 9.53 Å². The van der Waals surface area contributed by atoms with Crippen LogP contribution in [0.3, 0.4) is 0 Å². The van der Waals surface area contributed by atoms with Crippen LogP contribution in [0, 0.1) is 0 Å². The smallest absolute Gasteiger partial charge is 0.410 e. The SMILES string of the molecule is CC(C)(C)OC(=O)N1CCNCC1.CC(C)c1ccc(N=C=O)cc1.CC(C)c1ccc(NC(=O)N2CCN(c3ccc(Cl)nn3)CC2)cc1.CC(C)c1ccc(NC(=O)N2CCNCC2)cc1.Clc1ccc(Cl)nn1. The number of hydrogen-bond acceptors (Lipinski definition) is 13. The molecule has 0 saturated carbocycles. The van der Waals surface area contributed by atoms with Crippen LogP contribution < -0.4 is 26.2 Å². The third-order valence-electron chi connectivity index (χ3n) is 11.7. The standard InChI is InChI=1S/C18H22ClN5O.C14H21N3O.C10H11NO.C9H18N2O2.C4H2Cl2N2/c1-13(2)14-3-5-15(6-4-14)20-18(25)24-11-9-23(10-12-24)17-8-7-16(19)21-22-17;1-11(2)12-3-5-13(6-4-12)16-14(18)17-9-7-15-8-10-17;1-8(2)9-3-5-10(6-4-9)11-7-12;1-9(2,3)13-8(12)11-6-4-10-5-7-11;5-3-1-2-4(6)8-7-3/h3-8,13H,9-12H2,1-2H3,(H,20,25);3-6,11,15H,7-10H2,1-2H3,(H,16,18);3-6,8H,1-2H3;10H,4-7H2,1-3H3;1-2H. The van der Waals surface area contributed by atoms with Crippen LogP contribution in [0.5, 0.6) is 0 Å². The van der Waals surface area contributed by atoms with Crippen molar-refractivity contribution in [3.8, 4) is 0 Å². The molecule has 5 amide bonds. The van der Waals surface area contributed by atoms with Crippen LogP contribution in [0.4, 0.5) is 37.3 Å². The number of aromatic nitrogens is 4. The summed E-state index contributed by atoms with van der Waals surface area (Å²) in [7, 11) is 0. The van der Waals surface area contributed by atoms with Crippen molar-refractivity contribution in [3.63, 3.8) is 0 Å². The monoisotopic (exact) mass is 1100 g/mol. The zero-order valence-corrected chi connectivity index (χ0v) is 47.4. The van der Waals surface area contributed by atoms with Gasteiger partial charge in [0, 0.05) is 89.9 Å². The first-order valence-corrected chi connectivity index (χ1v) is 26.6. The molecule has 3 saturated heterocycles. The summed E-state index contributed by atoms with van der Waals surface area (Å²) in [6.45, 7) is 27.7. The highest BCUT2D eigenvalue weighted by Gasteiger charge is 2.24. The van der Waals surface area contributed by atoms with Crippen molar-refractivity contribution in [3.05, 3.63) is 129 Å². The molecular formula is C55H74Cl3N13O5. The van der Waals surface area contributed by atoms with E-state index in [4.69, 9.17) is 39.5 Å². The minimum absolute atomic E-state index is 0.00574. The van der Waals surface area contributed by atoms with E-state index < -0.39 is 0 Å². The van der Waals surface area contributed by atoms with Gasteiger partial charge >= 0.3 is 18.2 Å². The van der Waals surface area contributed by atoms with Crippen molar-refractivity contribution in [2.45, 2.75) is 85.7 Å². The summed E-state index contributed by atoms with van der Waals surface area (Å²) in [6, 6.07) is 30.3. The Bertz CT molecular complexity index is 2520. The number of urea groups is 2. The summed E-state index contributed by atoms with van der Waals surface area (Å²) in [4.78, 5) is 56.8. The topological polar surface area (TPSA) is 203 Å². The van der Waals surface area contributed by atoms with Gasteiger partial charge in [0.1, 0.15) is 5.60 Å². The van der Waals surface area contributed by atoms with Gasteiger partial charge in [0.05, 0.1) is 5.69 Å². The van der Waals surface area contributed by atoms with E-state index in [0.29, 0.717) is 52.0 Å². The first kappa shape index (κ1) is 62.1. The number of halogens is 3. The first-order chi connectivity index (χ1) is 36.2. The molecule has 8 rings (SSSR count). The highest BCUT2D eigenvalue weighted by atomic mass is 35.5. The highest BCUT2D eigenvalue weighted by Crippen LogP contribution is 2.21. The molecular weight excluding hydrogens is 1030 g/mol. The number of ether oxygens (including phenoxy) is 1. The Morgan fingerprint density at radius 1 is 0.539 bits per heavy atom. The Labute approximate surface area is 463 Å². The van der Waals surface area contributed by atoms with E-state index >= 15 is 0 Å². The average Bonchev–Trinajstić information content (AvgIpc) is 3.41. The van der Waals surface area contributed by atoms with E-state index in [-0.39, 0.29) is 23.8 Å². The average molecular weight is 1100 g/mol. The molecule has 21 heteroatoms. The molecule has 76 heavy (non-hydrogen) atoms. The summed E-state index contributed by atoms with van der Waals surface area (Å²) in [5.74, 6) is 2.30. The van der Waals surface area contributed by atoms with Gasteiger partial charge < -0.3 is 45.6 Å². The lowest BCUT2D eigenvalue weighted by Crippen LogP contribution is -2.50. The van der Waals surface area contributed by atoms with Crippen LogP contribution in [-0.4, -0.2) is 143 Å². The lowest BCUT2D eigenvalue weighted by molar-refractivity contribution is 0.0228. The number of amides is 5. The number of rotatable bonds is 7. The van der Waals surface area contributed by atoms with E-state index in [1.54, 1.807) is 23.1 Å². The molecule has 3 aliphatic rings. The number of aliphatic imine (C=N–C) groups is 1. The summed E-state index contributed by atoms with van der Waals surface area (Å²) >= 11 is 16.5. The molecule has 0 radical (unpaired) electrons. The van der Waals surface area contributed by atoms with Gasteiger partial charge in [-0.25, -0.2) is 19.2 Å². The second-order valence-electron chi connectivity index (χ2n) is 19.7. The van der Waals surface area contributed by atoms with Gasteiger partial charge in [-0.15, -0.1) is 20.4 Å². The fourth-order valence-electron chi connectivity index (χ4n) is 7.25. The van der Waals surface area contributed by atoms with E-state index in [0.717, 1.165) is 82.6 Å². The Morgan fingerprint density at radius 2 is 0.908 bits per heavy atom.